The highest BCUT2D eigenvalue weighted by atomic mass is 32.2. The predicted molar refractivity (Wildman–Crippen MR) is 66.7 cm³/mol. The van der Waals surface area contributed by atoms with Crippen LogP contribution in [0.2, 0.25) is 0 Å². The summed E-state index contributed by atoms with van der Waals surface area (Å²) in [6.45, 7) is 0.165. The van der Waals surface area contributed by atoms with Gasteiger partial charge in [0.1, 0.15) is 16.8 Å². The zero-order valence-electron chi connectivity index (χ0n) is 9.59. The van der Waals surface area contributed by atoms with Gasteiger partial charge in [-0.2, -0.15) is 18.1 Å². The second kappa shape index (κ2) is 5.40. The van der Waals surface area contributed by atoms with Crippen molar-refractivity contribution >= 4 is 21.7 Å². The van der Waals surface area contributed by atoms with E-state index in [0.29, 0.717) is 5.01 Å². The van der Waals surface area contributed by atoms with E-state index in [4.69, 9.17) is 9.81 Å². The fraction of sp³-hybridized carbons (Fsp3) is 0.200. The highest BCUT2D eigenvalue weighted by Gasteiger charge is 2.11. The van der Waals surface area contributed by atoms with Crippen molar-refractivity contribution in [2.24, 2.45) is 0 Å². The van der Waals surface area contributed by atoms with Crippen molar-refractivity contribution in [3.8, 4) is 16.6 Å². The van der Waals surface area contributed by atoms with E-state index >= 15 is 0 Å². The largest absolute Gasteiger partial charge is 0.285 e. The highest BCUT2D eigenvalue weighted by Crippen LogP contribution is 2.19. The van der Waals surface area contributed by atoms with Crippen LogP contribution in [0, 0.1) is 11.3 Å². The van der Waals surface area contributed by atoms with Gasteiger partial charge < -0.3 is 0 Å². The molecule has 2 aromatic heterocycles. The van der Waals surface area contributed by atoms with E-state index in [-0.39, 0.29) is 18.1 Å². The second-order valence-corrected chi connectivity index (χ2v) is 5.97. The Morgan fingerprint density at radius 3 is 2.63 bits per heavy atom. The van der Waals surface area contributed by atoms with Crippen molar-refractivity contribution in [1.82, 2.24) is 9.36 Å². The van der Waals surface area contributed by atoms with Crippen molar-refractivity contribution in [2.75, 3.05) is 5.75 Å². The summed E-state index contributed by atoms with van der Waals surface area (Å²) in [4.78, 5) is 4.02. The summed E-state index contributed by atoms with van der Waals surface area (Å²) < 4.78 is 35.4. The first-order valence-electron chi connectivity index (χ1n) is 5.16. The molecule has 1 N–H and O–H groups in total. The first-order chi connectivity index (χ1) is 8.98. The van der Waals surface area contributed by atoms with Crippen molar-refractivity contribution in [1.29, 1.82) is 5.26 Å². The monoisotopic (exact) mass is 297 g/mol. The van der Waals surface area contributed by atoms with Gasteiger partial charge in [0.15, 0.2) is 18.9 Å². The Morgan fingerprint density at radius 2 is 2.11 bits per heavy atom. The van der Waals surface area contributed by atoms with Crippen molar-refractivity contribution in [3.05, 3.63) is 30.4 Å². The molecule has 2 heterocycles. The molecule has 0 saturated heterocycles. The zero-order chi connectivity index (χ0) is 13.9. The van der Waals surface area contributed by atoms with Crippen LogP contribution in [-0.2, 0) is 16.7 Å². The van der Waals surface area contributed by atoms with Gasteiger partial charge in [-0.1, -0.05) is 0 Å². The van der Waals surface area contributed by atoms with Crippen LogP contribution in [0.5, 0.6) is 0 Å². The second-order valence-electron chi connectivity index (χ2n) is 3.65. The summed E-state index contributed by atoms with van der Waals surface area (Å²) in [6, 6.07) is 5.34. The normalized spacial score (nSPS) is 11.2. The average molecular weight is 297 g/mol. The van der Waals surface area contributed by atoms with Gasteiger partial charge in [0, 0.05) is 17.7 Å². The van der Waals surface area contributed by atoms with Crippen molar-refractivity contribution in [2.45, 2.75) is 6.54 Å². The smallest absolute Gasteiger partial charge is 0.271 e. The molecule has 0 aromatic carbocycles. The van der Waals surface area contributed by atoms with Gasteiger partial charge in [-0.05, 0) is 11.5 Å². The van der Waals surface area contributed by atoms with Crippen LogP contribution in [-0.4, -0.2) is 28.1 Å². The van der Waals surface area contributed by atoms with Gasteiger partial charge in [-0.25, -0.2) is 9.55 Å². The summed E-state index contributed by atoms with van der Waals surface area (Å²) in [7, 11) is -3.96. The third kappa shape index (κ3) is 3.78. The number of hydrogen-bond acceptors (Lipinski definition) is 6. The maximum absolute atomic E-state index is 10.6. The average Bonchev–Trinajstić information content (AvgIpc) is 2.85. The Hall–Kier alpha value is -1.89. The lowest BCUT2D eigenvalue weighted by atomic mass is 10.3. The standard InChI is InChI=1S/C10H8N4O3S2/c11-7-9-12-10(18-13-9)8-1-3-14(4-2-8)5-6-19(15,16)17/h1-4H,5-6H2/p+1. The fourth-order valence-corrected chi connectivity index (χ4v) is 2.42. The highest BCUT2D eigenvalue weighted by molar-refractivity contribution is 7.85. The molecule has 0 aliphatic heterocycles. The van der Waals surface area contributed by atoms with Gasteiger partial charge in [-0.15, -0.1) is 0 Å². The summed E-state index contributed by atoms with van der Waals surface area (Å²) in [5.41, 5.74) is 0.794. The van der Waals surface area contributed by atoms with Gasteiger partial charge in [0.25, 0.3) is 10.1 Å². The topological polar surface area (TPSA) is 108 Å². The molecule has 0 aliphatic carbocycles. The van der Waals surface area contributed by atoms with Gasteiger partial charge in [-0.3, -0.25) is 4.55 Å². The molecule has 2 aromatic rings. The zero-order valence-corrected chi connectivity index (χ0v) is 11.2. The molecule has 0 amide bonds. The van der Waals surface area contributed by atoms with Gasteiger partial charge in [0.05, 0.1) is 0 Å². The first-order valence-corrected chi connectivity index (χ1v) is 7.54. The van der Waals surface area contributed by atoms with Crippen LogP contribution in [0.3, 0.4) is 0 Å². The SMILES string of the molecule is N#Cc1nsc(-c2cc[n+](CCS(=O)(=O)O)cc2)n1. The van der Waals surface area contributed by atoms with E-state index in [9.17, 15) is 8.42 Å². The van der Waals surface area contributed by atoms with Crippen LogP contribution in [0.15, 0.2) is 24.5 Å². The van der Waals surface area contributed by atoms with Crippen LogP contribution >= 0.6 is 11.5 Å². The molecular formula is C10H9N4O3S2+. The van der Waals surface area contributed by atoms with Crippen LogP contribution in [0.25, 0.3) is 10.6 Å². The fourth-order valence-electron chi connectivity index (χ4n) is 1.36. The maximum atomic E-state index is 10.6. The summed E-state index contributed by atoms with van der Waals surface area (Å²) in [5.74, 6) is -0.211. The molecule has 9 heteroatoms. The van der Waals surface area contributed by atoms with E-state index in [0.717, 1.165) is 17.1 Å². The number of hydrogen-bond donors (Lipinski definition) is 1. The third-order valence-corrected chi connectivity index (χ3v) is 3.73. The molecule has 7 nitrogen and oxygen atoms in total. The lowest BCUT2D eigenvalue weighted by Gasteiger charge is -1.96. The number of aromatic nitrogens is 3. The Morgan fingerprint density at radius 1 is 1.42 bits per heavy atom. The van der Waals surface area contributed by atoms with E-state index in [1.807, 2.05) is 6.07 Å². The van der Waals surface area contributed by atoms with Crippen LogP contribution < -0.4 is 4.57 Å². The molecule has 0 spiro atoms. The number of nitrogens with zero attached hydrogens (tertiary/aromatic N) is 4. The molecule has 0 saturated carbocycles. The third-order valence-electron chi connectivity index (χ3n) is 2.27. The summed E-state index contributed by atoms with van der Waals surface area (Å²) in [5, 5.41) is 9.26. The van der Waals surface area contributed by atoms with Crippen molar-refractivity contribution < 1.29 is 17.5 Å². The molecule has 2 rings (SSSR count). The maximum Gasteiger partial charge on any atom is 0.271 e. The predicted octanol–water partition coefficient (Wildman–Crippen LogP) is 0.252. The van der Waals surface area contributed by atoms with E-state index in [2.05, 4.69) is 9.36 Å². The minimum atomic E-state index is -3.96. The molecule has 0 atom stereocenters. The molecule has 0 bridgehead atoms. The summed E-state index contributed by atoms with van der Waals surface area (Å²) in [6.07, 6.45) is 3.35. The molecule has 0 fully saturated rings. The Bertz CT molecular complexity index is 716. The van der Waals surface area contributed by atoms with E-state index < -0.39 is 10.1 Å². The number of nitriles is 1. The molecule has 0 radical (unpaired) electrons. The molecule has 0 unspecified atom stereocenters. The lowest BCUT2D eigenvalue weighted by molar-refractivity contribution is -0.692. The summed E-state index contributed by atoms with van der Waals surface area (Å²) >= 11 is 1.12. The Labute approximate surface area is 113 Å². The number of rotatable bonds is 4. The van der Waals surface area contributed by atoms with Crippen LogP contribution in [0.4, 0.5) is 0 Å². The van der Waals surface area contributed by atoms with Gasteiger partial charge >= 0.3 is 0 Å². The number of aryl methyl sites for hydroxylation is 1. The quantitative estimate of drug-likeness (QED) is 0.640. The number of pyridine rings is 1. The Kier molecular flexibility index (Phi) is 3.84. The minimum Gasteiger partial charge on any atom is -0.285 e. The van der Waals surface area contributed by atoms with E-state index in [1.54, 1.807) is 29.1 Å². The van der Waals surface area contributed by atoms with Crippen LogP contribution in [0.1, 0.15) is 5.82 Å². The van der Waals surface area contributed by atoms with Gasteiger partial charge in [0.2, 0.25) is 5.82 Å². The molecule has 0 aliphatic rings. The minimum absolute atomic E-state index is 0.128. The molecule has 98 valence electrons. The van der Waals surface area contributed by atoms with E-state index in [1.165, 1.54) is 0 Å². The van der Waals surface area contributed by atoms with Crippen molar-refractivity contribution in [3.63, 3.8) is 0 Å². The molecular weight excluding hydrogens is 288 g/mol. The first kappa shape index (κ1) is 13.5. The lowest BCUT2D eigenvalue weighted by Crippen LogP contribution is -2.36. The Balaban J connectivity index is 2.12. The molecule has 19 heavy (non-hydrogen) atoms.